The maximum absolute atomic E-state index is 10.9. The second-order valence-electron chi connectivity index (χ2n) is 4.18. The predicted molar refractivity (Wildman–Crippen MR) is 64.8 cm³/mol. The number of aryl methyl sites for hydroxylation is 1. The Morgan fingerprint density at radius 2 is 2.26 bits per heavy atom. The molecule has 0 fully saturated rings. The fraction of sp³-hybridized carbons (Fsp3) is 0.167. The maximum atomic E-state index is 10.9. The van der Waals surface area contributed by atoms with E-state index in [9.17, 15) is 4.79 Å². The van der Waals surface area contributed by atoms with E-state index in [1.54, 1.807) is 10.7 Å². The zero-order valence-electron chi connectivity index (χ0n) is 10.1. The van der Waals surface area contributed by atoms with E-state index in [4.69, 9.17) is 9.63 Å². The highest BCUT2D eigenvalue weighted by Crippen LogP contribution is 2.15. The van der Waals surface area contributed by atoms with Gasteiger partial charge in [-0.3, -0.25) is 0 Å². The maximum Gasteiger partial charge on any atom is 0.335 e. The van der Waals surface area contributed by atoms with Crippen LogP contribution in [0.1, 0.15) is 21.8 Å². The summed E-state index contributed by atoms with van der Waals surface area (Å²) < 4.78 is 6.64. The molecule has 2 heterocycles. The van der Waals surface area contributed by atoms with Gasteiger partial charge in [0, 0.05) is 6.07 Å². The first-order valence-corrected chi connectivity index (χ1v) is 5.62. The second kappa shape index (κ2) is 4.20. The fourth-order valence-corrected chi connectivity index (χ4v) is 1.87. The molecular formula is C12H10N4O3. The SMILES string of the molecule is Cc1cc(Cn2nnc3cc(C(=O)O)ccc32)no1. The summed E-state index contributed by atoms with van der Waals surface area (Å²) in [7, 11) is 0. The van der Waals surface area contributed by atoms with Crippen LogP contribution in [0.2, 0.25) is 0 Å². The number of nitrogens with zero attached hydrogens (tertiary/aromatic N) is 4. The molecule has 0 aliphatic carbocycles. The van der Waals surface area contributed by atoms with Gasteiger partial charge in [-0.2, -0.15) is 0 Å². The summed E-state index contributed by atoms with van der Waals surface area (Å²) in [6.07, 6.45) is 0. The van der Waals surface area contributed by atoms with Gasteiger partial charge in [-0.05, 0) is 25.1 Å². The number of hydrogen-bond acceptors (Lipinski definition) is 5. The van der Waals surface area contributed by atoms with E-state index >= 15 is 0 Å². The summed E-state index contributed by atoms with van der Waals surface area (Å²) in [5.41, 5.74) is 2.23. The Balaban J connectivity index is 1.99. The zero-order chi connectivity index (χ0) is 13.4. The smallest absolute Gasteiger partial charge is 0.335 e. The first-order chi connectivity index (χ1) is 9.13. The number of hydrogen-bond donors (Lipinski definition) is 1. The highest BCUT2D eigenvalue weighted by atomic mass is 16.5. The van der Waals surface area contributed by atoms with Crippen LogP contribution in [-0.4, -0.2) is 31.2 Å². The lowest BCUT2D eigenvalue weighted by Gasteiger charge is -1.98. The number of aromatic nitrogens is 4. The summed E-state index contributed by atoms with van der Waals surface area (Å²) in [6.45, 7) is 2.25. The molecule has 0 atom stereocenters. The molecule has 1 N–H and O–H groups in total. The number of carboxylic acids is 1. The van der Waals surface area contributed by atoms with E-state index in [0.29, 0.717) is 12.1 Å². The number of rotatable bonds is 3. The van der Waals surface area contributed by atoms with Crippen molar-refractivity contribution in [3.05, 3.63) is 41.3 Å². The molecule has 0 aliphatic heterocycles. The van der Waals surface area contributed by atoms with Crippen molar-refractivity contribution in [1.29, 1.82) is 0 Å². The van der Waals surface area contributed by atoms with Crippen molar-refractivity contribution in [2.75, 3.05) is 0 Å². The fourth-order valence-electron chi connectivity index (χ4n) is 1.87. The Kier molecular flexibility index (Phi) is 2.52. The van der Waals surface area contributed by atoms with E-state index in [0.717, 1.165) is 17.0 Å². The van der Waals surface area contributed by atoms with Gasteiger partial charge >= 0.3 is 5.97 Å². The molecule has 0 saturated carbocycles. The first-order valence-electron chi connectivity index (χ1n) is 5.62. The molecule has 0 bridgehead atoms. The van der Waals surface area contributed by atoms with Crippen LogP contribution < -0.4 is 0 Å². The molecule has 7 nitrogen and oxygen atoms in total. The molecule has 0 aliphatic rings. The number of benzene rings is 1. The Morgan fingerprint density at radius 1 is 1.42 bits per heavy atom. The van der Waals surface area contributed by atoms with E-state index in [1.807, 2.05) is 13.0 Å². The molecule has 96 valence electrons. The van der Waals surface area contributed by atoms with Gasteiger partial charge < -0.3 is 9.63 Å². The lowest BCUT2D eigenvalue weighted by Crippen LogP contribution is -2.02. The van der Waals surface area contributed by atoms with E-state index in [1.165, 1.54) is 12.1 Å². The number of carboxylic acid groups (broad SMARTS) is 1. The first kappa shape index (κ1) is 11.4. The molecular weight excluding hydrogens is 248 g/mol. The van der Waals surface area contributed by atoms with E-state index in [-0.39, 0.29) is 5.56 Å². The molecule has 0 unspecified atom stereocenters. The van der Waals surface area contributed by atoms with Gasteiger partial charge in [0.25, 0.3) is 0 Å². The second-order valence-corrected chi connectivity index (χ2v) is 4.18. The third-order valence-corrected chi connectivity index (χ3v) is 2.75. The van der Waals surface area contributed by atoms with Crippen molar-refractivity contribution in [2.24, 2.45) is 0 Å². The van der Waals surface area contributed by atoms with Gasteiger partial charge in [0.2, 0.25) is 0 Å². The van der Waals surface area contributed by atoms with Crippen LogP contribution in [-0.2, 0) is 6.54 Å². The van der Waals surface area contributed by atoms with Gasteiger partial charge in [0.05, 0.1) is 17.6 Å². The molecule has 7 heteroatoms. The summed E-state index contributed by atoms with van der Waals surface area (Å²) in [6, 6.07) is 6.53. The number of fused-ring (bicyclic) bond motifs is 1. The van der Waals surface area contributed by atoms with Crippen molar-refractivity contribution >= 4 is 17.0 Å². The monoisotopic (exact) mass is 258 g/mol. The Bertz CT molecular complexity index is 759. The minimum absolute atomic E-state index is 0.192. The van der Waals surface area contributed by atoms with Crippen LogP contribution in [0, 0.1) is 6.92 Å². The van der Waals surface area contributed by atoms with Crippen molar-refractivity contribution in [1.82, 2.24) is 20.2 Å². The largest absolute Gasteiger partial charge is 0.478 e. The molecule has 3 aromatic rings. The normalized spacial score (nSPS) is 11.0. The van der Waals surface area contributed by atoms with E-state index < -0.39 is 5.97 Å². The molecule has 3 rings (SSSR count). The standard InChI is InChI=1S/C12H10N4O3/c1-7-4-9(14-19-7)6-16-11-3-2-8(12(17)18)5-10(11)13-15-16/h2-5H,6H2,1H3,(H,17,18). The Hall–Kier alpha value is -2.70. The number of aromatic carboxylic acids is 1. The molecule has 19 heavy (non-hydrogen) atoms. The Morgan fingerprint density at radius 3 is 2.95 bits per heavy atom. The van der Waals surface area contributed by atoms with Gasteiger partial charge in [-0.1, -0.05) is 10.4 Å². The van der Waals surface area contributed by atoms with E-state index in [2.05, 4.69) is 15.5 Å². The molecule has 0 radical (unpaired) electrons. The van der Waals surface area contributed by atoms with Crippen molar-refractivity contribution < 1.29 is 14.4 Å². The number of carbonyl (C=O) groups is 1. The van der Waals surface area contributed by atoms with Crippen LogP contribution in [0.5, 0.6) is 0 Å². The van der Waals surface area contributed by atoms with Crippen LogP contribution in [0.3, 0.4) is 0 Å². The highest BCUT2D eigenvalue weighted by Gasteiger charge is 2.10. The average Bonchev–Trinajstić information content (AvgIpc) is 2.96. The lowest BCUT2D eigenvalue weighted by molar-refractivity contribution is 0.0697. The Labute approximate surface area is 107 Å². The topological polar surface area (TPSA) is 94.0 Å². The van der Waals surface area contributed by atoms with Crippen molar-refractivity contribution in [3.8, 4) is 0 Å². The molecule has 1 aromatic carbocycles. The van der Waals surface area contributed by atoms with Crippen LogP contribution in [0.15, 0.2) is 28.8 Å². The molecule has 0 saturated heterocycles. The third-order valence-electron chi connectivity index (χ3n) is 2.75. The minimum atomic E-state index is -0.983. The summed E-state index contributed by atoms with van der Waals surface area (Å²) in [4.78, 5) is 10.9. The highest BCUT2D eigenvalue weighted by molar-refractivity contribution is 5.92. The lowest BCUT2D eigenvalue weighted by atomic mass is 10.2. The van der Waals surface area contributed by atoms with Crippen molar-refractivity contribution in [2.45, 2.75) is 13.5 Å². The van der Waals surface area contributed by atoms with Crippen LogP contribution in [0.25, 0.3) is 11.0 Å². The molecule has 0 amide bonds. The predicted octanol–water partition coefficient (Wildman–Crippen LogP) is 1.47. The van der Waals surface area contributed by atoms with Crippen LogP contribution in [0.4, 0.5) is 0 Å². The van der Waals surface area contributed by atoms with Crippen LogP contribution >= 0.6 is 0 Å². The summed E-state index contributed by atoms with van der Waals surface area (Å²) in [5, 5.41) is 20.7. The van der Waals surface area contributed by atoms with Gasteiger partial charge in [-0.15, -0.1) is 5.10 Å². The summed E-state index contributed by atoms with van der Waals surface area (Å²) >= 11 is 0. The van der Waals surface area contributed by atoms with Gasteiger partial charge in [0.15, 0.2) is 0 Å². The average molecular weight is 258 g/mol. The zero-order valence-corrected chi connectivity index (χ0v) is 10.1. The quantitative estimate of drug-likeness (QED) is 0.764. The summed E-state index contributed by atoms with van der Waals surface area (Å²) in [5.74, 6) is -0.254. The third kappa shape index (κ3) is 2.05. The molecule has 2 aromatic heterocycles. The van der Waals surface area contributed by atoms with Crippen molar-refractivity contribution in [3.63, 3.8) is 0 Å². The minimum Gasteiger partial charge on any atom is -0.478 e. The van der Waals surface area contributed by atoms with Gasteiger partial charge in [-0.25, -0.2) is 9.48 Å². The molecule has 0 spiro atoms. The van der Waals surface area contributed by atoms with Gasteiger partial charge in [0.1, 0.15) is 17.0 Å².